The molecule has 0 aliphatic carbocycles. The highest BCUT2D eigenvalue weighted by Crippen LogP contribution is 2.34. The molecule has 7 nitrogen and oxygen atoms in total. The minimum atomic E-state index is -0.836. The van der Waals surface area contributed by atoms with Crippen LogP contribution in [0.4, 0.5) is 4.79 Å². The fraction of sp³-hybridized carbons (Fsp3) is 0.676. The first kappa shape index (κ1) is 34.4. The van der Waals surface area contributed by atoms with Crippen LogP contribution in [0.15, 0.2) is 24.3 Å². The number of benzene rings is 1. The van der Waals surface area contributed by atoms with Gasteiger partial charge in [-0.3, -0.25) is 9.59 Å². The molecule has 41 heavy (non-hydrogen) atoms. The number of hydrogen-bond acceptors (Lipinski definition) is 6. The van der Waals surface area contributed by atoms with Crippen LogP contribution < -0.4 is 4.74 Å². The zero-order valence-electron chi connectivity index (χ0n) is 25.8. The third-order valence-electron chi connectivity index (χ3n) is 7.48. The number of Topliss-reactive ketones (excluding diaryl/α,β-unsaturated/α-hetero) is 1. The number of ether oxygens (including phenoxy) is 3. The van der Waals surface area contributed by atoms with Crippen molar-refractivity contribution in [3.8, 4) is 5.88 Å². The molecule has 0 amide bonds. The van der Waals surface area contributed by atoms with E-state index in [0.717, 1.165) is 30.2 Å². The average Bonchev–Trinajstić information content (AvgIpc) is 3.25. The van der Waals surface area contributed by atoms with Crippen molar-refractivity contribution in [2.45, 2.75) is 136 Å². The standard InChI is InChI=1S/C34H53NO6/c1-4-6-7-8-9-10-11-12-13-14-15-16-17-18-19-25-31(37)32-29-23-20-21-24-30(29)35(26-22-27-40-28(3)36)33(32)41-34(38)39-5-2/h20-21,23-24H,4-19,22,25-27H2,1-3H3. The lowest BCUT2D eigenvalue weighted by Crippen LogP contribution is -2.16. The number of hydrogen-bond donors (Lipinski definition) is 0. The molecule has 0 aliphatic heterocycles. The quantitative estimate of drug-likeness (QED) is 0.0750. The van der Waals surface area contributed by atoms with Crippen molar-refractivity contribution in [2.75, 3.05) is 13.2 Å². The second kappa shape index (κ2) is 21.0. The predicted molar refractivity (Wildman–Crippen MR) is 165 cm³/mol. The fourth-order valence-corrected chi connectivity index (χ4v) is 5.32. The molecular weight excluding hydrogens is 518 g/mol. The molecule has 230 valence electrons. The van der Waals surface area contributed by atoms with Crippen molar-refractivity contribution in [1.82, 2.24) is 4.57 Å². The third kappa shape index (κ3) is 13.1. The molecular formula is C34H53NO6. The van der Waals surface area contributed by atoms with E-state index in [1.165, 1.54) is 84.0 Å². The predicted octanol–water partition coefficient (Wildman–Crippen LogP) is 9.57. The smallest absolute Gasteiger partial charge is 0.466 e. The van der Waals surface area contributed by atoms with Crippen LogP contribution in [-0.2, 0) is 20.8 Å². The van der Waals surface area contributed by atoms with Gasteiger partial charge in [-0.15, -0.1) is 0 Å². The van der Waals surface area contributed by atoms with Gasteiger partial charge in [-0.2, -0.15) is 0 Å². The lowest BCUT2D eigenvalue weighted by atomic mass is 10.0. The highest BCUT2D eigenvalue weighted by Gasteiger charge is 2.26. The van der Waals surface area contributed by atoms with Gasteiger partial charge in [0.05, 0.1) is 24.3 Å². The minimum Gasteiger partial charge on any atom is -0.466 e. The van der Waals surface area contributed by atoms with Crippen LogP contribution in [0.2, 0.25) is 0 Å². The number of rotatable bonds is 23. The molecule has 0 radical (unpaired) electrons. The second-order valence-corrected chi connectivity index (χ2v) is 11.0. The van der Waals surface area contributed by atoms with Crippen LogP contribution >= 0.6 is 0 Å². The van der Waals surface area contributed by atoms with Crippen LogP contribution in [0.25, 0.3) is 10.9 Å². The molecule has 0 spiro atoms. The summed E-state index contributed by atoms with van der Waals surface area (Å²) in [6.45, 7) is 6.18. The summed E-state index contributed by atoms with van der Waals surface area (Å²) in [7, 11) is 0. The number of nitrogens with zero attached hydrogens (tertiary/aromatic N) is 1. The highest BCUT2D eigenvalue weighted by molar-refractivity contribution is 6.11. The Kier molecular flexibility index (Phi) is 17.6. The topological polar surface area (TPSA) is 83.8 Å². The average molecular weight is 572 g/mol. The van der Waals surface area contributed by atoms with Gasteiger partial charge in [0.15, 0.2) is 5.78 Å². The number of ketones is 1. The molecule has 1 aromatic heterocycles. The first-order chi connectivity index (χ1) is 20.0. The van der Waals surface area contributed by atoms with Gasteiger partial charge in [-0.1, -0.05) is 115 Å². The molecule has 0 aliphatic rings. The Morgan fingerprint density at radius 2 is 1.27 bits per heavy atom. The van der Waals surface area contributed by atoms with Gasteiger partial charge in [0, 0.05) is 25.3 Å². The number of aromatic nitrogens is 1. The summed E-state index contributed by atoms with van der Waals surface area (Å²) in [6.07, 6.45) is 19.2. The number of aryl methyl sites for hydroxylation is 1. The molecule has 1 heterocycles. The minimum absolute atomic E-state index is 0.0334. The van der Waals surface area contributed by atoms with Crippen molar-refractivity contribution in [3.05, 3.63) is 29.8 Å². The number of para-hydroxylation sites is 1. The number of carbonyl (C=O) groups excluding carboxylic acids is 3. The number of esters is 1. The Hall–Kier alpha value is -2.83. The molecule has 2 rings (SSSR count). The van der Waals surface area contributed by atoms with Crippen LogP contribution in [0, 0.1) is 0 Å². The zero-order valence-corrected chi connectivity index (χ0v) is 25.8. The van der Waals surface area contributed by atoms with E-state index in [1.54, 1.807) is 6.92 Å². The maximum atomic E-state index is 13.5. The lowest BCUT2D eigenvalue weighted by molar-refractivity contribution is -0.141. The van der Waals surface area contributed by atoms with Crippen LogP contribution in [0.5, 0.6) is 5.88 Å². The Labute approximate surface area is 247 Å². The Bertz CT molecular complexity index is 1040. The Morgan fingerprint density at radius 1 is 0.707 bits per heavy atom. The molecule has 0 atom stereocenters. The lowest BCUT2D eigenvalue weighted by Gasteiger charge is -2.12. The monoisotopic (exact) mass is 571 g/mol. The molecule has 0 saturated carbocycles. The zero-order chi connectivity index (χ0) is 29.7. The summed E-state index contributed by atoms with van der Waals surface area (Å²) in [5.41, 5.74) is 1.22. The first-order valence-corrected chi connectivity index (χ1v) is 16.1. The summed E-state index contributed by atoms with van der Waals surface area (Å²) in [6, 6.07) is 7.56. The molecule has 0 unspecified atom stereocenters. The molecule has 2 aromatic rings. The van der Waals surface area contributed by atoms with Gasteiger partial charge in [-0.05, 0) is 25.8 Å². The Balaban J connectivity index is 1.84. The maximum absolute atomic E-state index is 13.5. The van der Waals surface area contributed by atoms with Crippen LogP contribution in [0.1, 0.15) is 140 Å². The molecule has 0 saturated heterocycles. The van der Waals surface area contributed by atoms with Gasteiger partial charge >= 0.3 is 12.1 Å². The van der Waals surface area contributed by atoms with Gasteiger partial charge in [0.25, 0.3) is 0 Å². The van der Waals surface area contributed by atoms with Crippen molar-refractivity contribution in [2.24, 2.45) is 0 Å². The summed E-state index contributed by atoms with van der Waals surface area (Å²) in [4.78, 5) is 36.9. The molecule has 7 heteroatoms. The maximum Gasteiger partial charge on any atom is 0.515 e. The van der Waals surface area contributed by atoms with E-state index in [2.05, 4.69) is 6.92 Å². The largest absolute Gasteiger partial charge is 0.515 e. The SMILES string of the molecule is CCCCCCCCCCCCCCCCCC(=O)c1c(OC(=O)OCC)n(CCCOC(C)=O)c2ccccc12. The van der Waals surface area contributed by atoms with Crippen molar-refractivity contribution < 1.29 is 28.6 Å². The molecule has 0 N–H and O–H groups in total. The third-order valence-corrected chi connectivity index (χ3v) is 7.48. The van der Waals surface area contributed by atoms with E-state index >= 15 is 0 Å². The summed E-state index contributed by atoms with van der Waals surface area (Å²) >= 11 is 0. The summed E-state index contributed by atoms with van der Waals surface area (Å²) < 4.78 is 17.5. The van der Waals surface area contributed by atoms with Crippen LogP contribution in [-0.4, -0.2) is 35.7 Å². The number of fused-ring (bicyclic) bond motifs is 1. The van der Waals surface area contributed by atoms with Crippen molar-refractivity contribution in [1.29, 1.82) is 0 Å². The van der Waals surface area contributed by atoms with Gasteiger partial charge in [-0.25, -0.2) is 4.79 Å². The van der Waals surface area contributed by atoms with Crippen LogP contribution in [0.3, 0.4) is 0 Å². The first-order valence-electron chi connectivity index (χ1n) is 16.1. The second-order valence-electron chi connectivity index (χ2n) is 11.0. The molecule has 1 aromatic carbocycles. The van der Waals surface area contributed by atoms with Crippen molar-refractivity contribution >= 4 is 28.8 Å². The number of carbonyl (C=O) groups is 3. The fourth-order valence-electron chi connectivity index (χ4n) is 5.32. The number of unbranched alkanes of at least 4 members (excludes halogenated alkanes) is 14. The van der Waals surface area contributed by atoms with E-state index in [9.17, 15) is 14.4 Å². The van der Waals surface area contributed by atoms with Gasteiger partial charge < -0.3 is 18.8 Å². The molecule has 0 fully saturated rings. The summed E-state index contributed by atoms with van der Waals surface area (Å²) in [5.74, 6) is -0.169. The Morgan fingerprint density at radius 3 is 1.83 bits per heavy atom. The normalized spacial score (nSPS) is 11.1. The van der Waals surface area contributed by atoms with E-state index in [1.807, 2.05) is 28.8 Å². The van der Waals surface area contributed by atoms with Crippen molar-refractivity contribution in [3.63, 3.8) is 0 Å². The highest BCUT2D eigenvalue weighted by atomic mass is 16.7. The van der Waals surface area contributed by atoms with E-state index in [-0.39, 0.29) is 30.8 Å². The van der Waals surface area contributed by atoms with E-state index in [4.69, 9.17) is 14.2 Å². The van der Waals surface area contributed by atoms with Gasteiger partial charge in [0.2, 0.25) is 5.88 Å². The van der Waals surface area contributed by atoms with E-state index in [0.29, 0.717) is 24.9 Å². The molecule has 0 bridgehead atoms. The summed E-state index contributed by atoms with van der Waals surface area (Å²) in [5, 5.41) is 0.755. The van der Waals surface area contributed by atoms with Gasteiger partial charge in [0.1, 0.15) is 0 Å². The van der Waals surface area contributed by atoms with E-state index < -0.39 is 6.16 Å².